The molecule has 0 aliphatic rings. The lowest BCUT2D eigenvalue weighted by molar-refractivity contribution is -0.384. The summed E-state index contributed by atoms with van der Waals surface area (Å²) in [6.07, 6.45) is 0.985. The van der Waals surface area contributed by atoms with Gasteiger partial charge in [0.15, 0.2) is 0 Å². The van der Waals surface area contributed by atoms with E-state index >= 15 is 0 Å². The molecule has 34 heavy (non-hydrogen) atoms. The number of ether oxygens (including phenoxy) is 2. The number of carbonyl (C=O) groups is 1. The number of nitro groups is 1. The molecule has 3 aromatic rings. The van der Waals surface area contributed by atoms with E-state index < -0.39 is 26.9 Å². The van der Waals surface area contributed by atoms with Gasteiger partial charge in [0.2, 0.25) is 15.9 Å². The maximum Gasteiger partial charge on any atom is 0.271 e. The van der Waals surface area contributed by atoms with E-state index in [2.05, 4.69) is 5.32 Å². The van der Waals surface area contributed by atoms with Crippen LogP contribution in [-0.4, -0.2) is 38.7 Å². The molecule has 0 fully saturated rings. The van der Waals surface area contributed by atoms with Crippen molar-refractivity contribution < 1.29 is 27.6 Å². The number of anilines is 2. The van der Waals surface area contributed by atoms with Crippen molar-refractivity contribution in [3.05, 3.63) is 82.9 Å². The second-order valence-electron chi connectivity index (χ2n) is 7.27. The van der Waals surface area contributed by atoms with Gasteiger partial charge in [-0.1, -0.05) is 18.2 Å². The Labute approximate surface area is 196 Å². The Hall–Kier alpha value is -4.12. The summed E-state index contributed by atoms with van der Waals surface area (Å²) in [6, 6.07) is 17.9. The highest BCUT2D eigenvalue weighted by Gasteiger charge is 2.30. The molecule has 178 valence electrons. The highest BCUT2D eigenvalue weighted by atomic mass is 32.2. The molecule has 1 atom stereocenters. The van der Waals surface area contributed by atoms with E-state index in [9.17, 15) is 23.3 Å². The average Bonchev–Trinajstić information content (AvgIpc) is 2.80. The number of nitro benzene ring substituents is 1. The highest BCUT2D eigenvalue weighted by Crippen LogP contribution is 2.30. The van der Waals surface area contributed by atoms with Gasteiger partial charge < -0.3 is 14.8 Å². The smallest absolute Gasteiger partial charge is 0.271 e. The predicted octanol–water partition coefficient (Wildman–Crippen LogP) is 4.19. The lowest BCUT2D eigenvalue weighted by Gasteiger charge is -2.28. The van der Waals surface area contributed by atoms with Crippen molar-refractivity contribution in [1.82, 2.24) is 0 Å². The van der Waals surface area contributed by atoms with E-state index in [0.717, 1.165) is 16.6 Å². The van der Waals surface area contributed by atoms with Crippen LogP contribution >= 0.6 is 0 Å². The third kappa shape index (κ3) is 5.81. The summed E-state index contributed by atoms with van der Waals surface area (Å²) in [7, 11) is -2.52. The van der Waals surface area contributed by atoms with Crippen LogP contribution in [-0.2, 0) is 14.8 Å². The maximum atomic E-state index is 13.0. The van der Waals surface area contributed by atoms with Gasteiger partial charge in [-0.05, 0) is 49.4 Å². The topological polar surface area (TPSA) is 128 Å². The van der Waals surface area contributed by atoms with Crippen LogP contribution in [0.3, 0.4) is 0 Å². The van der Waals surface area contributed by atoms with Gasteiger partial charge in [0.25, 0.3) is 5.69 Å². The number of rotatable bonds is 9. The number of non-ortho nitro benzene ring substituents is 1. The number of hydrogen-bond donors (Lipinski definition) is 1. The van der Waals surface area contributed by atoms with Crippen molar-refractivity contribution >= 4 is 33.0 Å². The van der Waals surface area contributed by atoms with Crippen molar-refractivity contribution in [3.8, 4) is 17.2 Å². The summed E-state index contributed by atoms with van der Waals surface area (Å²) in [5.74, 6) is 0.601. The molecule has 1 N–H and O–H groups in total. The Bertz CT molecular complexity index is 1280. The fourth-order valence-electron chi connectivity index (χ4n) is 3.24. The van der Waals surface area contributed by atoms with Crippen LogP contribution in [0, 0.1) is 10.1 Å². The number of carbonyl (C=O) groups excluding carboxylic acids is 1. The normalized spacial score (nSPS) is 11.9. The minimum atomic E-state index is -3.87. The number of para-hydroxylation sites is 1. The quantitative estimate of drug-likeness (QED) is 0.355. The summed E-state index contributed by atoms with van der Waals surface area (Å²) in [5, 5.41) is 13.6. The zero-order valence-corrected chi connectivity index (χ0v) is 19.5. The number of nitrogens with one attached hydrogen (secondary N) is 1. The second-order valence-corrected chi connectivity index (χ2v) is 9.13. The third-order valence-corrected chi connectivity index (χ3v) is 6.05. The van der Waals surface area contributed by atoms with Crippen molar-refractivity contribution in [2.75, 3.05) is 23.0 Å². The van der Waals surface area contributed by atoms with Crippen LogP contribution in [0.15, 0.2) is 72.8 Å². The van der Waals surface area contributed by atoms with Crippen LogP contribution in [0.4, 0.5) is 17.1 Å². The first-order valence-corrected chi connectivity index (χ1v) is 11.9. The minimum absolute atomic E-state index is 0.0496. The number of sulfonamides is 1. The van der Waals surface area contributed by atoms with Gasteiger partial charge >= 0.3 is 0 Å². The lowest BCUT2D eigenvalue weighted by atomic mass is 10.2. The lowest BCUT2D eigenvalue weighted by Crippen LogP contribution is -2.45. The van der Waals surface area contributed by atoms with E-state index in [1.54, 1.807) is 24.3 Å². The van der Waals surface area contributed by atoms with Crippen LogP contribution in [0.1, 0.15) is 6.92 Å². The molecule has 10 nitrogen and oxygen atoms in total. The molecule has 11 heteroatoms. The van der Waals surface area contributed by atoms with Gasteiger partial charge in [-0.25, -0.2) is 8.42 Å². The molecule has 0 aromatic heterocycles. The third-order valence-electron chi connectivity index (χ3n) is 4.81. The number of amides is 1. The molecule has 3 aromatic carbocycles. The maximum absolute atomic E-state index is 13.0. The fourth-order valence-corrected chi connectivity index (χ4v) is 4.41. The SMILES string of the molecule is COc1ccc([N+](=O)[O-])cc1NC(=O)C(C)N(c1ccc(Oc2ccccc2)cc1)S(C)(=O)=O. The molecule has 1 unspecified atom stereocenters. The standard InChI is InChI=1S/C23H23N3O7S/c1-16(23(27)24-21-15-18(26(28)29)11-14-22(21)32-2)25(34(3,30)31)17-9-12-20(13-10-17)33-19-7-5-4-6-8-19/h4-16H,1-3H3,(H,24,27). The molecule has 0 saturated heterocycles. The molecule has 0 saturated carbocycles. The fraction of sp³-hybridized carbons (Fsp3) is 0.174. The van der Waals surface area contributed by atoms with Gasteiger partial charge in [0.05, 0.1) is 29.7 Å². The van der Waals surface area contributed by atoms with Gasteiger partial charge in [-0.15, -0.1) is 0 Å². The molecule has 0 aliphatic carbocycles. The van der Waals surface area contributed by atoms with E-state index in [0.29, 0.717) is 11.5 Å². The van der Waals surface area contributed by atoms with Crippen LogP contribution in [0.5, 0.6) is 17.2 Å². The largest absolute Gasteiger partial charge is 0.495 e. The first kappa shape index (κ1) is 24.5. The molecule has 0 heterocycles. The highest BCUT2D eigenvalue weighted by molar-refractivity contribution is 7.92. The number of benzene rings is 3. The zero-order valence-electron chi connectivity index (χ0n) is 18.7. The Morgan fingerprint density at radius 2 is 1.65 bits per heavy atom. The number of methoxy groups -OCH3 is 1. The van der Waals surface area contributed by atoms with Gasteiger partial charge in [-0.2, -0.15) is 0 Å². The Morgan fingerprint density at radius 3 is 2.21 bits per heavy atom. The van der Waals surface area contributed by atoms with E-state index in [-0.39, 0.29) is 22.8 Å². The van der Waals surface area contributed by atoms with Gasteiger partial charge in [-0.3, -0.25) is 19.2 Å². The van der Waals surface area contributed by atoms with Crippen molar-refractivity contribution in [3.63, 3.8) is 0 Å². The Morgan fingerprint density at radius 1 is 1.03 bits per heavy atom. The number of nitrogens with zero attached hydrogens (tertiary/aromatic N) is 2. The molecule has 0 spiro atoms. The Balaban J connectivity index is 1.85. The van der Waals surface area contributed by atoms with E-state index in [1.165, 1.54) is 38.3 Å². The average molecular weight is 486 g/mol. The van der Waals surface area contributed by atoms with Crippen molar-refractivity contribution in [2.24, 2.45) is 0 Å². The van der Waals surface area contributed by atoms with Gasteiger partial charge in [0.1, 0.15) is 23.3 Å². The summed E-state index contributed by atoms with van der Waals surface area (Å²) >= 11 is 0. The summed E-state index contributed by atoms with van der Waals surface area (Å²) in [4.78, 5) is 23.4. The second kappa shape index (κ2) is 10.2. The molecular formula is C23H23N3O7S. The van der Waals surface area contributed by atoms with E-state index in [1.807, 2.05) is 18.2 Å². The molecule has 0 aliphatic heterocycles. The minimum Gasteiger partial charge on any atom is -0.495 e. The Kier molecular flexibility index (Phi) is 7.37. The monoisotopic (exact) mass is 485 g/mol. The molecule has 1 amide bonds. The molecular weight excluding hydrogens is 462 g/mol. The molecule has 3 rings (SSSR count). The zero-order chi connectivity index (χ0) is 24.9. The first-order valence-electron chi connectivity index (χ1n) is 10.1. The predicted molar refractivity (Wildman–Crippen MR) is 128 cm³/mol. The van der Waals surface area contributed by atoms with Crippen molar-refractivity contribution in [1.29, 1.82) is 0 Å². The molecule has 0 bridgehead atoms. The summed E-state index contributed by atoms with van der Waals surface area (Å²) < 4.78 is 37.0. The summed E-state index contributed by atoms with van der Waals surface area (Å²) in [6.45, 7) is 1.41. The van der Waals surface area contributed by atoms with Crippen molar-refractivity contribution in [2.45, 2.75) is 13.0 Å². The van der Waals surface area contributed by atoms with Crippen LogP contribution in [0.2, 0.25) is 0 Å². The number of hydrogen-bond acceptors (Lipinski definition) is 7. The first-order chi connectivity index (χ1) is 16.1. The van der Waals surface area contributed by atoms with Gasteiger partial charge in [0, 0.05) is 12.1 Å². The molecule has 0 radical (unpaired) electrons. The van der Waals surface area contributed by atoms with E-state index in [4.69, 9.17) is 9.47 Å². The summed E-state index contributed by atoms with van der Waals surface area (Å²) in [5.41, 5.74) is 0.0444. The van der Waals surface area contributed by atoms with Crippen LogP contribution in [0.25, 0.3) is 0 Å². The van der Waals surface area contributed by atoms with Crippen LogP contribution < -0.4 is 19.1 Å².